The first kappa shape index (κ1) is 28.2. The number of carbonyl (C=O) groups is 1. The van der Waals surface area contributed by atoms with Crippen molar-refractivity contribution in [2.24, 2.45) is 40.4 Å². The maximum atomic E-state index is 12.8. The van der Waals surface area contributed by atoms with E-state index in [1.807, 2.05) is 0 Å². The van der Waals surface area contributed by atoms with Crippen LogP contribution in [0.2, 0.25) is 0 Å². The van der Waals surface area contributed by atoms with Gasteiger partial charge in [0.25, 0.3) is 0 Å². The van der Waals surface area contributed by atoms with Crippen LogP contribution in [0.4, 0.5) is 0 Å². The van der Waals surface area contributed by atoms with Gasteiger partial charge in [-0.05, 0) is 92.3 Å². The van der Waals surface area contributed by atoms with E-state index in [9.17, 15) is 23.2 Å². The van der Waals surface area contributed by atoms with Crippen molar-refractivity contribution in [3.63, 3.8) is 0 Å². The van der Waals surface area contributed by atoms with Crippen LogP contribution in [-0.4, -0.2) is 36.1 Å². The summed E-state index contributed by atoms with van der Waals surface area (Å²) in [7, 11) is -4.17. The van der Waals surface area contributed by atoms with Crippen molar-refractivity contribution in [3.8, 4) is 0 Å². The number of Topliss-reactive ketones (excluding diaryl/α,β-unsaturated/α-hetero) is 1. The molecule has 4 fully saturated rings. The minimum atomic E-state index is -4.42. The number of hydrogen-bond donors (Lipinski definition) is 1. The Morgan fingerprint density at radius 3 is 2.30 bits per heavy atom. The average Bonchev–Trinajstić information content (AvgIpc) is 2.97. The minimum Gasteiger partial charge on any atom is -0.746 e. The first-order chi connectivity index (χ1) is 13.0. The van der Waals surface area contributed by atoms with Crippen LogP contribution in [0.1, 0.15) is 71.6 Å². The van der Waals surface area contributed by atoms with Crippen LogP contribution in [0, 0.1) is 40.4 Å². The van der Waals surface area contributed by atoms with Crippen molar-refractivity contribution >= 4 is 25.2 Å². The van der Waals surface area contributed by atoms with Crippen LogP contribution in [0.25, 0.3) is 0 Å². The normalized spacial score (nSPS) is 45.1. The van der Waals surface area contributed by atoms with Crippen LogP contribution in [0.15, 0.2) is 0 Å². The predicted molar refractivity (Wildman–Crippen MR) is 108 cm³/mol. The Morgan fingerprint density at radius 2 is 1.63 bits per heavy atom. The second-order valence-corrected chi connectivity index (χ2v) is 13.7. The standard InChI is InChI=1S/C21H34O5S2.2Na/c1-20-9-7-14(22)11-13(20)3-4-15-16-5-6-18(19(23)12-27-28(24,25)26)21(16,2)10-8-17(15)20;;/h13-18,22H,3-12H2,1-2H3,(H-,24,25,26);;/q;2*+1/p-1/t13-,14+,15-,16-,17-,18+,20-,21-;;/m0../s1. The van der Waals surface area contributed by atoms with Gasteiger partial charge < -0.3 is 14.2 Å². The zero-order chi connectivity index (χ0) is 20.3. The summed E-state index contributed by atoms with van der Waals surface area (Å²) < 4.78 is 32.8. The van der Waals surface area contributed by atoms with Crippen molar-refractivity contribution in [2.75, 3.05) is 5.75 Å². The first-order valence-electron chi connectivity index (χ1n) is 10.9. The zero-order valence-corrected chi connectivity index (χ0v) is 24.6. The molecule has 0 saturated heterocycles. The molecular formula is C21H33Na2O5S2+. The van der Waals surface area contributed by atoms with Crippen LogP contribution in [-0.2, 0) is 24.2 Å². The van der Waals surface area contributed by atoms with Crippen molar-refractivity contribution < 1.29 is 82.3 Å². The van der Waals surface area contributed by atoms with Crippen molar-refractivity contribution in [1.29, 1.82) is 0 Å². The average molecular weight is 476 g/mol. The van der Waals surface area contributed by atoms with E-state index in [4.69, 9.17) is 0 Å². The van der Waals surface area contributed by atoms with Gasteiger partial charge in [0, 0.05) is 5.92 Å². The SMILES string of the molecule is C[C@]12CC[C@@H](O)C[C@@H]1CC[C@@H]1[C@@H]2CC[C@]2(C)[C@@H](C(=O)C[S+]=S(=O)([O-])[O-])CC[C@@H]12.[Na+].[Na+]. The number of hydrogen-bond acceptors (Lipinski definition) is 5. The molecule has 4 saturated carbocycles. The topological polar surface area (TPSA) is 100 Å². The van der Waals surface area contributed by atoms with Crippen molar-refractivity contribution in [1.82, 2.24) is 0 Å². The fourth-order valence-corrected chi connectivity index (χ4v) is 9.24. The zero-order valence-electron chi connectivity index (χ0n) is 18.9. The first-order valence-corrected chi connectivity index (χ1v) is 13.8. The van der Waals surface area contributed by atoms with E-state index >= 15 is 0 Å². The van der Waals surface area contributed by atoms with Gasteiger partial charge in [-0.25, -0.2) is 4.21 Å². The Bertz CT molecular complexity index is 762. The summed E-state index contributed by atoms with van der Waals surface area (Å²) in [4.78, 5) is 12.8. The molecular weight excluding hydrogens is 442 g/mol. The fourth-order valence-electron chi connectivity index (χ4n) is 8.00. The summed E-state index contributed by atoms with van der Waals surface area (Å²) in [6.45, 7) is 4.70. The van der Waals surface area contributed by atoms with Gasteiger partial charge in [0.15, 0.2) is 5.78 Å². The molecule has 0 heterocycles. The molecule has 8 atom stereocenters. The Balaban J connectivity index is 0.00000160. The number of aliphatic hydroxyl groups is 1. The maximum absolute atomic E-state index is 12.8. The van der Waals surface area contributed by atoms with Crippen LogP contribution >= 0.6 is 0 Å². The smallest absolute Gasteiger partial charge is 0.746 e. The van der Waals surface area contributed by atoms with Crippen LogP contribution in [0.3, 0.4) is 0 Å². The quantitative estimate of drug-likeness (QED) is 0.349. The van der Waals surface area contributed by atoms with Gasteiger partial charge in [-0.1, -0.05) is 13.8 Å². The fraction of sp³-hybridized carbons (Fsp3) is 0.952. The second kappa shape index (κ2) is 10.3. The third-order valence-corrected chi connectivity index (χ3v) is 11.3. The van der Waals surface area contributed by atoms with E-state index in [1.165, 1.54) is 12.8 Å². The predicted octanol–water partition coefficient (Wildman–Crippen LogP) is -2.87. The molecule has 160 valence electrons. The number of carbonyl (C=O) groups excluding carboxylic acids is 1. The largest absolute Gasteiger partial charge is 1.00 e. The molecule has 4 aliphatic rings. The van der Waals surface area contributed by atoms with Gasteiger partial charge in [-0.15, -0.1) is 0 Å². The van der Waals surface area contributed by atoms with Gasteiger partial charge in [0.1, 0.15) is 0 Å². The molecule has 0 aromatic carbocycles. The molecule has 0 aromatic heterocycles. The molecule has 5 nitrogen and oxygen atoms in total. The van der Waals surface area contributed by atoms with E-state index in [0.29, 0.717) is 29.1 Å². The molecule has 30 heavy (non-hydrogen) atoms. The Kier molecular flexibility index (Phi) is 9.64. The summed E-state index contributed by atoms with van der Waals surface area (Å²) >= 11 is 0. The summed E-state index contributed by atoms with van der Waals surface area (Å²) in [6, 6.07) is 0. The number of rotatable bonds is 3. The molecule has 4 aliphatic carbocycles. The van der Waals surface area contributed by atoms with Crippen molar-refractivity contribution in [2.45, 2.75) is 77.7 Å². The van der Waals surface area contributed by atoms with E-state index in [0.717, 1.165) is 44.9 Å². The number of aliphatic hydroxyl groups excluding tert-OH is 1. The third kappa shape index (κ3) is 5.12. The summed E-state index contributed by atoms with van der Waals surface area (Å²) in [5.41, 5.74) is 0.265. The summed E-state index contributed by atoms with van der Waals surface area (Å²) in [5.74, 6) is 2.12. The Labute approximate surface area is 229 Å². The monoisotopic (exact) mass is 475 g/mol. The molecule has 0 spiro atoms. The van der Waals surface area contributed by atoms with Gasteiger partial charge in [0.05, 0.1) is 15.2 Å². The molecule has 4 rings (SSSR count). The molecule has 0 radical (unpaired) electrons. The maximum Gasteiger partial charge on any atom is 1.00 e. The van der Waals surface area contributed by atoms with E-state index in [-0.39, 0.29) is 98.4 Å². The molecule has 0 bridgehead atoms. The summed E-state index contributed by atoms with van der Waals surface area (Å²) in [5, 5.41) is 10.1. The molecule has 0 unspecified atom stereocenters. The van der Waals surface area contributed by atoms with Crippen LogP contribution < -0.4 is 59.1 Å². The Morgan fingerprint density at radius 1 is 1.00 bits per heavy atom. The molecule has 9 heteroatoms. The van der Waals surface area contributed by atoms with E-state index < -0.39 is 9.05 Å². The molecule has 0 aliphatic heterocycles. The number of fused-ring (bicyclic) bond motifs is 5. The van der Waals surface area contributed by atoms with Gasteiger partial charge in [-0.2, -0.15) is 0 Å². The molecule has 0 amide bonds. The van der Waals surface area contributed by atoms with Gasteiger partial charge >= 0.3 is 59.1 Å². The van der Waals surface area contributed by atoms with E-state index in [1.54, 1.807) is 0 Å². The summed E-state index contributed by atoms with van der Waals surface area (Å²) in [6.07, 6.45) is 9.27. The van der Waals surface area contributed by atoms with Gasteiger partial charge in [0.2, 0.25) is 16.1 Å². The van der Waals surface area contributed by atoms with Crippen LogP contribution in [0.5, 0.6) is 0 Å². The molecule has 1 N–H and O–H groups in total. The van der Waals surface area contributed by atoms with E-state index in [2.05, 4.69) is 13.8 Å². The van der Waals surface area contributed by atoms with Crippen molar-refractivity contribution in [3.05, 3.63) is 0 Å². The van der Waals surface area contributed by atoms with Gasteiger partial charge in [-0.3, -0.25) is 4.79 Å². The third-order valence-electron chi connectivity index (χ3n) is 9.37. The Hall–Kier alpha value is 1.92. The minimum absolute atomic E-state index is 0. The number of ketones is 1. The molecule has 0 aromatic rings. The second-order valence-electron chi connectivity index (χ2n) is 10.4.